The average Bonchev–Trinajstić information content (AvgIpc) is 2.28. The minimum atomic E-state index is 0.716. The third-order valence-electron chi connectivity index (χ3n) is 2.04. The van der Waals surface area contributed by atoms with Gasteiger partial charge in [0.1, 0.15) is 0 Å². The second kappa shape index (κ2) is 15.8. The van der Waals surface area contributed by atoms with Gasteiger partial charge < -0.3 is 19.3 Å². The van der Waals surface area contributed by atoms with Gasteiger partial charge in [-0.15, -0.1) is 0 Å². The molecule has 4 nitrogen and oxygen atoms in total. The molecule has 0 N–H and O–H groups in total. The molecule has 0 aromatic rings. The zero-order valence-electron chi connectivity index (χ0n) is 12.7. The quantitative estimate of drug-likeness (QED) is 0.578. The van der Waals surface area contributed by atoms with Gasteiger partial charge in [-0.3, -0.25) is 0 Å². The molecule has 0 heterocycles. The Morgan fingerprint density at radius 2 is 1.18 bits per heavy atom. The van der Waals surface area contributed by atoms with E-state index in [9.17, 15) is 0 Å². The van der Waals surface area contributed by atoms with Crippen LogP contribution >= 0.6 is 0 Å². The SMILES string of the molecule is CCCOCCOCCN(C)C.CCN(C)C. The molecule has 0 aliphatic carbocycles. The Morgan fingerprint density at radius 1 is 0.706 bits per heavy atom. The van der Waals surface area contributed by atoms with Crippen LogP contribution in [0.15, 0.2) is 0 Å². The van der Waals surface area contributed by atoms with Crippen LogP contribution in [0, 0.1) is 0 Å². The van der Waals surface area contributed by atoms with Gasteiger partial charge in [0.2, 0.25) is 0 Å². The van der Waals surface area contributed by atoms with E-state index >= 15 is 0 Å². The number of likely N-dealkylation sites (N-methyl/N-ethyl adjacent to an activating group) is 1. The van der Waals surface area contributed by atoms with Gasteiger partial charge in [0.05, 0.1) is 19.8 Å². The Balaban J connectivity index is 0. The Labute approximate surface area is 108 Å². The topological polar surface area (TPSA) is 24.9 Å². The number of nitrogens with zero attached hydrogens (tertiary/aromatic N) is 2. The zero-order chi connectivity index (χ0) is 13.5. The highest BCUT2D eigenvalue weighted by molar-refractivity contribution is 4.39. The van der Waals surface area contributed by atoms with Crippen LogP contribution in [-0.2, 0) is 9.47 Å². The summed E-state index contributed by atoms with van der Waals surface area (Å²) in [4.78, 5) is 4.23. The van der Waals surface area contributed by atoms with Crippen molar-refractivity contribution in [2.24, 2.45) is 0 Å². The van der Waals surface area contributed by atoms with Crippen LogP contribution in [0.2, 0.25) is 0 Å². The second-order valence-corrected chi connectivity index (χ2v) is 4.42. The molecule has 0 unspecified atom stereocenters. The third kappa shape index (κ3) is 25.8. The minimum absolute atomic E-state index is 0.716. The van der Waals surface area contributed by atoms with Crippen molar-refractivity contribution < 1.29 is 9.47 Å². The van der Waals surface area contributed by atoms with Crippen molar-refractivity contribution in [3.63, 3.8) is 0 Å². The van der Waals surface area contributed by atoms with E-state index in [1.54, 1.807) is 0 Å². The van der Waals surface area contributed by atoms with Crippen LogP contribution in [0.1, 0.15) is 20.3 Å². The van der Waals surface area contributed by atoms with E-state index in [0.717, 1.165) is 39.3 Å². The number of hydrogen-bond acceptors (Lipinski definition) is 4. The van der Waals surface area contributed by atoms with E-state index in [1.807, 2.05) is 14.1 Å². The highest BCUT2D eigenvalue weighted by atomic mass is 16.5. The lowest BCUT2D eigenvalue weighted by Gasteiger charge is -2.09. The normalized spacial score (nSPS) is 10.6. The highest BCUT2D eigenvalue weighted by Gasteiger charge is 1.90. The molecule has 0 fully saturated rings. The maximum Gasteiger partial charge on any atom is 0.0701 e. The summed E-state index contributed by atoms with van der Waals surface area (Å²) in [6, 6.07) is 0. The molecule has 0 saturated carbocycles. The molecule has 106 valence electrons. The lowest BCUT2D eigenvalue weighted by molar-refractivity contribution is 0.0430. The van der Waals surface area contributed by atoms with E-state index in [1.165, 1.54) is 0 Å². The molecule has 4 heteroatoms. The van der Waals surface area contributed by atoms with Gasteiger partial charge in [-0.25, -0.2) is 0 Å². The Bertz CT molecular complexity index is 131. The summed E-state index contributed by atoms with van der Waals surface area (Å²) in [6.07, 6.45) is 1.08. The van der Waals surface area contributed by atoms with Gasteiger partial charge in [0, 0.05) is 13.2 Å². The van der Waals surface area contributed by atoms with Crippen molar-refractivity contribution in [1.29, 1.82) is 0 Å². The number of ether oxygens (including phenoxy) is 2. The predicted octanol–water partition coefficient (Wildman–Crippen LogP) is 1.56. The molecule has 0 bridgehead atoms. The fourth-order valence-electron chi connectivity index (χ4n) is 0.713. The predicted molar refractivity (Wildman–Crippen MR) is 74.7 cm³/mol. The molecule has 0 saturated heterocycles. The summed E-state index contributed by atoms with van der Waals surface area (Å²) in [5.74, 6) is 0. The van der Waals surface area contributed by atoms with Gasteiger partial charge in [-0.05, 0) is 41.2 Å². The fourth-order valence-corrected chi connectivity index (χ4v) is 0.713. The third-order valence-corrected chi connectivity index (χ3v) is 2.04. The molecular formula is C13H32N2O2. The molecule has 0 aromatic heterocycles. The molecule has 0 radical (unpaired) electrons. The monoisotopic (exact) mass is 248 g/mol. The van der Waals surface area contributed by atoms with E-state index in [2.05, 4.69) is 37.7 Å². The lowest BCUT2D eigenvalue weighted by atomic mass is 10.5. The standard InChI is InChI=1S/C9H21NO2.C4H11N/c1-4-6-11-8-9-12-7-5-10(2)3;1-4-5(2)3/h4-9H2,1-3H3;4H2,1-3H3. The molecule has 0 spiro atoms. The Morgan fingerprint density at radius 3 is 1.53 bits per heavy atom. The van der Waals surface area contributed by atoms with E-state index in [-0.39, 0.29) is 0 Å². The summed E-state index contributed by atoms with van der Waals surface area (Å²) in [5, 5.41) is 0. The lowest BCUT2D eigenvalue weighted by Crippen LogP contribution is -2.19. The molecule has 0 aliphatic heterocycles. The summed E-state index contributed by atoms with van der Waals surface area (Å²) >= 11 is 0. The number of rotatable bonds is 9. The van der Waals surface area contributed by atoms with Crippen molar-refractivity contribution in [1.82, 2.24) is 9.80 Å². The zero-order valence-corrected chi connectivity index (χ0v) is 12.7. The molecular weight excluding hydrogens is 216 g/mol. The van der Waals surface area contributed by atoms with Gasteiger partial charge in [-0.1, -0.05) is 13.8 Å². The van der Waals surface area contributed by atoms with Crippen LogP contribution < -0.4 is 0 Å². The summed E-state index contributed by atoms with van der Waals surface area (Å²) in [6.45, 7) is 9.43. The van der Waals surface area contributed by atoms with Crippen molar-refractivity contribution in [2.45, 2.75) is 20.3 Å². The average molecular weight is 248 g/mol. The maximum absolute atomic E-state index is 5.32. The van der Waals surface area contributed by atoms with Crippen molar-refractivity contribution in [2.75, 3.05) is 67.7 Å². The van der Waals surface area contributed by atoms with Crippen molar-refractivity contribution in [3.8, 4) is 0 Å². The first-order chi connectivity index (χ1) is 8.04. The number of hydrogen-bond donors (Lipinski definition) is 0. The van der Waals surface area contributed by atoms with E-state index < -0.39 is 0 Å². The van der Waals surface area contributed by atoms with E-state index in [4.69, 9.17) is 9.47 Å². The minimum Gasteiger partial charge on any atom is -0.379 e. The first kappa shape index (κ1) is 19.2. The summed E-state index contributed by atoms with van der Waals surface area (Å²) in [7, 11) is 8.19. The van der Waals surface area contributed by atoms with Crippen molar-refractivity contribution >= 4 is 0 Å². The fraction of sp³-hybridized carbons (Fsp3) is 1.00. The second-order valence-electron chi connectivity index (χ2n) is 4.42. The van der Waals surface area contributed by atoms with Crippen LogP contribution in [0.5, 0.6) is 0 Å². The van der Waals surface area contributed by atoms with Gasteiger partial charge >= 0.3 is 0 Å². The first-order valence-corrected chi connectivity index (χ1v) is 6.49. The van der Waals surface area contributed by atoms with Crippen LogP contribution in [0.25, 0.3) is 0 Å². The maximum atomic E-state index is 5.32. The molecule has 0 amide bonds. The van der Waals surface area contributed by atoms with Gasteiger partial charge in [0.25, 0.3) is 0 Å². The van der Waals surface area contributed by atoms with Crippen LogP contribution in [0.3, 0.4) is 0 Å². The molecule has 0 rings (SSSR count). The molecule has 0 aliphatic rings. The Kier molecular flexibility index (Phi) is 17.9. The largest absolute Gasteiger partial charge is 0.379 e. The summed E-state index contributed by atoms with van der Waals surface area (Å²) < 4.78 is 10.6. The first-order valence-electron chi connectivity index (χ1n) is 6.49. The van der Waals surface area contributed by atoms with Crippen LogP contribution in [-0.4, -0.2) is 77.5 Å². The Hall–Kier alpha value is -0.160. The van der Waals surface area contributed by atoms with Crippen LogP contribution in [0.4, 0.5) is 0 Å². The highest BCUT2D eigenvalue weighted by Crippen LogP contribution is 1.82. The van der Waals surface area contributed by atoms with Crippen molar-refractivity contribution in [3.05, 3.63) is 0 Å². The summed E-state index contributed by atoms with van der Waals surface area (Å²) in [5.41, 5.74) is 0. The smallest absolute Gasteiger partial charge is 0.0701 e. The molecule has 0 aromatic carbocycles. The molecule has 0 atom stereocenters. The van der Waals surface area contributed by atoms with Gasteiger partial charge in [-0.2, -0.15) is 0 Å². The molecule has 17 heavy (non-hydrogen) atoms. The van der Waals surface area contributed by atoms with Gasteiger partial charge in [0.15, 0.2) is 0 Å². The van der Waals surface area contributed by atoms with E-state index in [0.29, 0.717) is 6.61 Å².